The normalized spacial score (nSPS) is 11.1. The Labute approximate surface area is 105 Å². The first-order valence-electron chi connectivity index (χ1n) is 5.52. The molecule has 0 radical (unpaired) electrons. The Kier molecular flexibility index (Phi) is 4.06. The van der Waals surface area contributed by atoms with Crippen LogP contribution in [-0.4, -0.2) is 23.5 Å². The van der Waals surface area contributed by atoms with Gasteiger partial charge in [-0.1, -0.05) is 0 Å². The van der Waals surface area contributed by atoms with E-state index in [1.54, 1.807) is 6.92 Å². The smallest absolute Gasteiger partial charge is 0.310 e. The zero-order valence-corrected chi connectivity index (χ0v) is 10.6. The van der Waals surface area contributed by atoms with Crippen LogP contribution in [0.2, 0.25) is 0 Å². The van der Waals surface area contributed by atoms with E-state index in [2.05, 4.69) is 5.32 Å². The molecule has 1 rings (SSSR count). The third-order valence-corrected chi connectivity index (χ3v) is 2.69. The highest BCUT2D eigenvalue weighted by Crippen LogP contribution is 2.14. The van der Waals surface area contributed by atoms with Crippen LogP contribution in [0.1, 0.15) is 29.8 Å². The predicted molar refractivity (Wildman–Crippen MR) is 64.9 cm³/mol. The van der Waals surface area contributed by atoms with Crippen LogP contribution >= 0.6 is 0 Å². The number of carbonyl (C=O) groups excluding carboxylic acids is 1. The second kappa shape index (κ2) is 5.16. The van der Waals surface area contributed by atoms with E-state index in [1.165, 1.54) is 32.0 Å². The van der Waals surface area contributed by atoms with E-state index in [9.17, 15) is 14.0 Å². The molecule has 4 nitrogen and oxygen atoms in total. The van der Waals surface area contributed by atoms with Gasteiger partial charge in [-0.05, 0) is 44.5 Å². The summed E-state index contributed by atoms with van der Waals surface area (Å²) in [5.41, 5.74) is -0.347. The van der Waals surface area contributed by atoms with Crippen molar-refractivity contribution in [2.45, 2.75) is 20.8 Å². The van der Waals surface area contributed by atoms with Gasteiger partial charge in [0.15, 0.2) is 0 Å². The van der Waals surface area contributed by atoms with Crippen LogP contribution in [0.3, 0.4) is 0 Å². The molecule has 0 saturated heterocycles. The van der Waals surface area contributed by atoms with Crippen LogP contribution in [0.25, 0.3) is 0 Å². The summed E-state index contributed by atoms with van der Waals surface area (Å²) in [5.74, 6) is -1.78. The molecule has 0 fully saturated rings. The van der Waals surface area contributed by atoms with Crippen molar-refractivity contribution in [1.82, 2.24) is 5.32 Å². The van der Waals surface area contributed by atoms with E-state index in [4.69, 9.17) is 5.11 Å². The Hall–Kier alpha value is -1.91. The van der Waals surface area contributed by atoms with Crippen molar-refractivity contribution >= 4 is 11.9 Å². The fourth-order valence-corrected chi connectivity index (χ4v) is 1.26. The summed E-state index contributed by atoms with van der Waals surface area (Å²) in [5, 5.41) is 11.4. The minimum atomic E-state index is -1.04. The van der Waals surface area contributed by atoms with Gasteiger partial charge < -0.3 is 10.4 Å². The van der Waals surface area contributed by atoms with E-state index in [0.29, 0.717) is 11.1 Å². The number of benzene rings is 1. The molecule has 0 aliphatic heterocycles. The number of halogens is 1. The first-order valence-corrected chi connectivity index (χ1v) is 5.52. The second-order valence-corrected chi connectivity index (χ2v) is 4.84. The number of carbonyl (C=O) groups is 2. The van der Waals surface area contributed by atoms with Crippen LogP contribution in [0.5, 0.6) is 0 Å². The Bertz CT molecular complexity index is 483. The average Bonchev–Trinajstić information content (AvgIpc) is 2.29. The van der Waals surface area contributed by atoms with Crippen molar-refractivity contribution in [2.24, 2.45) is 5.41 Å². The third kappa shape index (κ3) is 3.29. The fourth-order valence-electron chi connectivity index (χ4n) is 1.26. The Balaban J connectivity index is 2.72. The van der Waals surface area contributed by atoms with Crippen molar-refractivity contribution in [3.63, 3.8) is 0 Å². The molecule has 0 aliphatic carbocycles. The van der Waals surface area contributed by atoms with E-state index >= 15 is 0 Å². The van der Waals surface area contributed by atoms with Crippen molar-refractivity contribution < 1.29 is 19.1 Å². The summed E-state index contributed by atoms with van der Waals surface area (Å²) in [6.45, 7) is 4.61. The Morgan fingerprint density at radius 3 is 2.50 bits per heavy atom. The molecule has 0 saturated carbocycles. The Morgan fingerprint density at radius 1 is 1.39 bits per heavy atom. The molecule has 0 atom stereocenters. The zero-order valence-electron chi connectivity index (χ0n) is 10.6. The second-order valence-electron chi connectivity index (χ2n) is 4.84. The van der Waals surface area contributed by atoms with E-state index in [1.807, 2.05) is 0 Å². The molecule has 1 amide bonds. The minimum Gasteiger partial charge on any atom is -0.481 e. The van der Waals surface area contributed by atoms with E-state index < -0.39 is 17.3 Å². The molecule has 5 heteroatoms. The maximum atomic E-state index is 13.0. The lowest BCUT2D eigenvalue weighted by Crippen LogP contribution is -2.38. The zero-order chi connectivity index (χ0) is 13.9. The molecule has 0 aromatic heterocycles. The first-order chi connectivity index (χ1) is 8.24. The van der Waals surface area contributed by atoms with Crippen LogP contribution in [-0.2, 0) is 4.79 Å². The number of carboxylic acid groups (broad SMARTS) is 1. The SMILES string of the molecule is Cc1cc(C(=O)NCC(C)(C)C(=O)O)ccc1F. The lowest BCUT2D eigenvalue weighted by Gasteiger charge is -2.19. The molecule has 0 spiro atoms. The number of aryl methyl sites for hydroxylation is 1. The predicted octanol–water partition coefficient (Wildman–Crippen LogP) is 1.97. The van der Waals surface area contributed by atoms with Gasteiger partial charge in [0.05, 0.1) is 5.41 Å². The molecule has 18 heavy (non-hydrogen) atoms. The summed E-state index contributed by atoms with van der Waals surface area (Å²) in [6.07, 6.45) is 0. The number of nitrogens with one attached hydrogen (secondary N) is 1. The minimum absolute atomic E-state index is 0.0115. The summed E-state index contributed by atoms with van der Waals surface area (Å²) < 4.78 is 13.0. The maximum Gasteiger partial charge on any atom is 0.310 e. The van der Waals surface area contributed by atoms with Crippen LogP contribution in [0.15, 0.2) is 18.2 Å². The van der Waals surface area contributed by atoms with Gasteiger partial charge in [0, 0.05) is 12.1 Å². The molecule has 1 aromatic carbocycles. The van der Waals surface area contributed by atoms with Crippen LogP contribution in [0.4, 0.5) is 4.39 Å². The van der Waals surface area contributed by atoms with Gasteiger partial charge in [-0.2, -0.15) is 0 Å². The van der Waals surface area contributed by atoms with Gasteiger partial charge in [0.1, 0.15) is 5.82 Å². The van der Waals surface area contributed by atoms with E-state index in [0.717, 1.165) is 0 Å². The lowest BCUT2D eigenvalue weighted by atomic mass is 9.94. The van der Waals surface area contributed by atoms with Crippen molar-refractivity contribution in [2.75, 3.05) is 6.54 Å². The van der Waals surface area contributed by atoms with Gasteiger partial charge in [-0.25, -0.2) is 4.39 Å². The lowest BCUT2D eigenvalue weighted by molar-refractivity contribution is -0.146. The third-order valence-electron chi connectivity index (χ3n) is 2.69. The summed E-state index contributed by atoms with van der Waals surface area (Å²) in [4.78, 5) is 22.6. The highest BCUT2D eigenvalue weighted by atomic mass is 19.1. The van der Waals surface area contributed by atoms with Crippen molar-refractivity contribution in [3.8, 4) is 0 Å². The average molecular weight is 253 g/mol. The topological polar surface area (TPSA) is 66.4 Å². The molecule has 1 aromatic rings. The number of aliphatic carboxylic acids is 1. The van der Waals surface area contributed by atoms with Crippen LogP contribution in [0, 0.1) is 18.2 Å². The van der Waals surface area contributed by atoms with Gasteiger partial charge in [-0.3, -0.25) is 9.59 Å². The molecule has 0 heterocycles. The molecule has 2 N–H and O–H groups in total. The number of hydrogen-bond donors (Lipinski definition) is 2. The van der Waals surface area contributed by atoms with Gasteiger partial charge in [0.2, 0.25) is 0 Å². The molecular weight excluding hydrogens is 237 g/mol. The highest BCUT2D eigenvalue weighted by Gasteiger charge is 2.27. The fraction of sp³-hybridized carbons (Fsp3) is 0.385. The summed E-state index contributed by atoms with van der Waals surface area (Å²) in [7, 11) is 0. The first kappa shape index (κ1) is 14.2. The van der Waals surface area contributed by atoms with Crippen LogP contribution < -0.4 is 5.32 Å². The molecule has 98 valence electrons. The largest absolute Gasteiger partial charge is 0.481 e. The quantitative estimate of drug-likeness (QED) is 0.862. The van der Waals surface area contributed by atoms with Crippen molar-refractivity contribution in [1.29, 1.82) is 0 Å². The molecule has 0 bridgehead atoms. The monoisotopic (exact) mass is 253 g/mol. The van der Waals surface area contributed by atoms with Gasteiger partial charge in [0.25, 0.3) is 5.91 Å². The number of rotatable bonds is 4. The maximum absolute atomic E-state index is 13.0. The Morgan fingerprint density at radius 2 is 2.00 bits per heavy atom. The molecule has 0 aliphatic rings. The number of carboxylic acids is 1. The summed E-state index contributed by atoms with van der Waals surface area (Å²) in [6, 6.07) is 4.01. The van der Waals surface area contributed by atoms with Gasteiger partial charge >= 0.3 is 5.97 Å². The van der Waals surface area contributed by atoms with Crippen molar-refractivity contribution in [3.05, 3.63) is 35.1 Å². The standard InChI is InChI=1S/C13H16FNO3/c1-8-6-9(4-5-10(8)14)11(16)15-7-13(2,3)12(17)18/h4-6H,7H2,1-3H3,(H,15,16)(H,17,18). The summed E-state index contributed by atoms with van der Waals surface area (Å²) >= 11 is 0. The van der Waals surface area contributed by atoms with E-state index in [-0.39, 0.29) is 12.4 Å². The molecular formula is C13H16FNO3. The molecule has 0 unspecified atom stereocenters. The number of amides is 1. The highest BCUT2D eigenvalue weighted by molar-refractivity contribution is 5.94. The number of hydrogen-bond acceptors (Lipinski definition) is 2. The van der Waals surface area contributed by atoms with Gasteiger partial charge in [-0.15, -0.1) is 0 Å².